The van der Waals surface area contributed by atoms with Gasteiger partial charge in [-0.25, -0.2) is 0 Å². The van der Waals surface area contributed by atoms with E-state index in [-0.39, 0.29) is 17.9 Å². The van der Waals surface area contributed by atoms with E-state index in [9.17, 15) is 9.59 Å². The highest BCUT2D eigenvalue weighted by atomic mass is 79.9. The van der Waals surface area contributed by atoms with E-state index in [1.54, 1.807) is 24.4 Å². The van der Waals surface area contributed by atoms with Crippen LogP contribution in [-0.4, -0.2) is 10.4 Å². The Morgan fingerprint density at radius 2 is 1.94 bits per heavy atom. The Hall–Kier alpha value is -1.68. The molecule has 2 rings (SSSR count). The van der Waals surface area contributed by atoms with Gasteiger partial charge in [0.15, 0.2) is 5.78 Å². The quantitative estimate of drug-likeness (QED) is 0.818. The summed E-state index contributed by atoms with van der Waals surface area (Å²) in [5, 5.41) is 0. The lowest BCUT2D eigenvalue weighted by atomic mass is 10.1. The van der Waals surface area contributed by atoms with Gasteiger partial charge in [0.2, 0.25) is 0 Å². The number of ketones is 1. The third-order valence-electron chi connectivity index (χ3n) is 2.59. The van der Waals surface area contributed by atoms with Crippen molar-refractivity contribution in [2.24, 2.45) is 0 Å². The van der Waals surface area contributed by atoms with Crippen LogP contribution in [-0.2, 0) is 6.54 Å². The molecule has 1 aromatic carbocycles. The zero-order chi connectivity index (χ0) is 13.1. The van der Waals surface area contributed by atoms with E-state index >= 15 is 0 Å². The lowest BCUT2D eigenvalue weighted by molar-refractivity contribution is 0.0970. The number of carbonyl (C=O) groups is 1. The van der Waals surface area contributed by atoms with Gasteiger partial charge >= 0.3 is 0 Å². The van der Waals surface area contributed by atoms with Gasteiger partial charge in [-0.15, -0.1) is 0 Å². The zero-order valence-electron chi connectivity index (χ0n) is 9.89. The van der Waals surface area contributed by atoms with Gasteiger partial charge in [-0.05, 0) is 34.5 Å². The average Bonchev–Trinajstić information content (AvgIpc) is 2.36. The number of carbonyl (C=O) groups excluding carboxylic acids is 1. The molecule has 0 saturated carbocycles. The van der Waals surface area contributed by atoms with Crippen LogP contribution < -0.4 is 5.56 Å². The lowest BCUT2D eigenvalue weighted by Gasteiger charge is -2.07. The first kappa shape index (κ1) is 12.8. The number of aromatic nitrogens is 1. The number of hydrogen-bond acceptors (Lipinski definition) is 2. The predicted molar refractivity (Wildman–Crippen MR) is 73.9 cm³/mol. The maximum Gasteiger partial charge on any atom is 0.265 e. The molecule has 0 spiro atoms. The molecule has 0 atom stereocenters. The summed E-state index contributed by atoms with van der Waals surface area (Å²) in [5.74, 6) is -0.0739. The van der Waals surface area contributed by atoms with E-state index < -0.39 is 0 Å². The third-order valence-corrected chi connectivity index (χ3v) is 3.16. The zero-order valence-corrected chi connectivity index (χ0v) is 11.5. The Morgan fingerprint density at radius 3 is 2.61 bits per heavy atom. The van der Waals surface area contributed by atoms with Crippen LogP contribution in [0.15, 0.2) is 51.9 Å². The van der Waals surface area contributed by atoms with E-state index in [1.165, 1.54) is 4.57 Å². The van der Waals surface area contributed by atoms with E-state index in [2.05, 4.69) is 15.9 Å². The number of nitrogens with zero attached hydrogens (tertiary/aromatic N) is 1. The van der Waals surface area contributed by atoms with Gasteiger partial charge in [0.05, 0.1) is 11.0 Å². The Kier molecular flexibility index (Phi) is 3.77. The number of rotatable bonds is 3. The van der Waals surface area contributed by atoms with Crippen LogP contribution in [0.2, 0.25) is 0 Å². The van der Waals surface area contributed by atoms with E-state index in [1.807, 2.05) is 25.1 Å². The largest absolute Gasteiger partial charge is 0.306 e. The molecule has 0 radical (unpaired) electrons. The molecule has 0 saturated heterocycles. The Bertz CT molecular complexity index is 632. The van der Waals surface area contributed by atoms with E-state index in [4.69, 9.17) is 0 Å². The second kappa shape index (κ2) is 5.31. The highest BCUT2D eigenvalue weighted by Crippen LogP contribution is 2.07. The first-order valence-corrected chi connectivity index (χ1v) is 6.32. The van der Waals surface area contributed by atoms with Crippen molar-refractivity contribution in [2.45, 2.75) is 13.5 Å². The van der Waals surface area contributed by atoms with Crippen LogP contribution in [0.25, 0.3) is 0 Å². The van der Waals surface area contributed by atoms with Crippen LogP contribution >= 0.6 is 15.9 Å². The van der Waals surface area contributed by atoms with Gasteiger partial charge in [0, 0.05) is 11.8 Å². The normalized spacial score (nSPS) is 10.3. The summed E-state index contributed by atoms with van der Waals surface area (Å²) in [4.78, 5) is 23.9. The van der Waals surface area contributed by atoms with Gasteiger partial charge in [-0.3, -0.25) is 9.59 Å². The van der Waals surface area contributed by atoms with Crippen LogP contribution in [0.1, 0.15) is 15.9 Å². The number of benzene rings is 1. The molecule has 0 aliphatic rings. The summed E-state index contributed by atoms with van der Waals surface area (Å²) in [6.45, 7) is 1.94. The highest BCUT2D eigenvalue weighted by Gasteiger charge is 2.09. The molecule has 0 amide bonds. The van der Waals surface area contributed by atoms with E-state index in [0.717, 1.165) is 5.56 Å². The van der Waals surface area contributed by atoms with Gasteiger partial charge in [-0.1, -0.05) is 30.3 Å². The Labute approximate surface area is 113 Å². The van der Waals surface area contributed by atoms with Crippen molar-refractivity contribution < 1.29 is 4.79 Å². The molecule has 2 aromatic rings. The summed E-state index contributed by atoms with van der Waals surface area (Å²) >= 11 is 3.20. The molecule has 0 aliphatic heterocycles. The van der Waals surface area contributed by atoms with Crippen molar-refractivity contribution >= 4 is 21.7 Å². The average molecular weight is 306 g/mol. The van der Waals surface area contributed by atoms with Gasteiger partial charge in [0.25, 0.3) is 5.56 Å². The highest BCUT2D eigenvalue weighted by molar-refractivity contribution is 9.10. The summed E-state index contributed by atoms with van der Waals surface area (Å²) < 4.78 is 1.90. The monoisotopic (exact) mass is 305 g/mol. The van der Waals surface area contributed by atoms with Crippen LogP contribution in [0.5, 0.6) is 0 Å². The Morgan fingerprint density at radius 1 is 1.28 bits per heavy atom. The minimum Gasteiger partial charge on any atom is -0.306 e. The lowest BCUT2D eigenvalue weighted by Crippen LogP contribution is -2.24. The van der Waals surface area contributed by atoms with Crippen molar-refractivity contribution in [1.29, 1.82) is 0 Å². The molecule has 0 aliphatic carbocycles. The van der Waals surface area contributed by atoms with Crippen LogP contribution in [0.3, 0.4) is 0 Å². The summed E-state index contributed by atoms with van der Waals surface area (Å²) in [6.07, 6.45) is 1.69. The fourth-order valence-corrected chi connectivity index (χ4v) is 2.32. The molecule has 0 N–H and O–H groups in total. The molecular weight excluding hydrogens is 294 g/mol. The first-order chi connectivity index (χ1) is 8.58. The SMILES string of the molecule is Cc1cc(Br)c(=O)n(CC(=O)c2ccccc2)c1. The number of Topliss-reactive ketones (excluding diaryl/α,β-unsaturated/α-hetero) is 1. The fourth-order valence-electron chi connectivity index (χ4n) is 1.73. The van der Waals surface area contributed by atoms with Crippen LogP contribution in [0.4, 0.5) is 0 Å². The maximum atomic E-state index is 12.0. The van der Waals surface area contributed by atoms with Gasteiger partial charge in [0.1, 0.15) is 0 Å². The number of halogens is 1. The fraction of sp³-hybridized carbons (Fsp3) is 0.143. The summed E-state index contributed by atoms with van der Waals surface area (Å²) in [6, 6.07) is 10.7. The molecule has 0 bridgehead atoms. The molecule has 18 heavy (non-hydrogen) atoms. The number of aryl methyl sites for hydroxylation is 1. The minimum absolute atomic E-state index is 0.0587. The van der Waals surface area contributed by atoms with Gasteiger partial charge < -0.3 is 4.57 Å². The summed E-state index contributed by atoms with van der Waals surface area (Å²) in [7, 11) is 0. The molecule has 1 heterocycles. The molecule has 0 fully saturated rings. The predicted octanol–water partition coefficient (Wildman–Crippen LogP) is 2.80. The second-order valence-corrected chi connectivity index (χ2v) is 4.94. The van der Waals surface area contributed by atoms with E-state index in [0.29, 0.717) is 10.0 Å². The van der Waals surface area contributed by atoms with Crippen molar-refractivity contribution in [2.75, 3.05) is 0 Å². The van der Waals surface area contributed by atoms with Crippen molar-refractivity contribution in [3.05, 3.63) is 68.5 Å². The van der Waals surface area contributed by atoms with Gasteiger partial charge in [-0.2, -0.15) is 0 Å². The first-order valence-electron chi connectivity index (χ1n) is 5.53. The Balaban J connectivity index is 2.31. The molecule has 92 valence electrons. The minimum atomic E-state index is -0.190. The van der Waals surface area contributed by atoms with Crippen molar-refractivity contribution in [1.82, 2.24) is 4.57 Å². The molecule has 4 heteroatoms. The maximum absolute atomic E-state index is 12.0. The number of pyridine rings is 1. The molecular formula is C14H12BrNO2. The standard InChI is InChI=1S/C14H12BrNO2/c1-10-7-12(15)14(18)16(8-10)9-13(17)11-5-3-2-4-6-11/h2-8H,9H2,1H3. The molecule has 0 unspecified atom stereocenters. The molecule has 1 aromatic heterocycles. The number of hydrogen-bond donors (Lipinski definition) is 0. The van der Waals surface area contributed by atoms with Crippen molar-refractivity contribution in [3.8, 4) is 0 Å². The van der Waals surface area contributed by atoms with Crippen LogP contribution in [0, 0.1) is 6.92 Å². The third kappa shape index (κ3) is 2.76. The molecule has 3 nitrogen and oxygen atoms in total. The topological polar surface area (TPSA) is 39.1 Å². The summed E-state index contributed by atoms with van der Waals surface area (Å²) in [5.41, 5.74) is 1.36. The smallest absolute Gasteiger partial charge is 0.265 e. The van der Waals surface area contributed by atoms with Crippen molar-refractivity contribution in [3.63, 3.8) is 0 Å². The second-order valence-electron chi connectivity index (χ2n) is 4.09.